The van der Waals surface area contributed by atoms with Crippen molar-refractivity contribution in [3.8, 4) is 0 Å². The van der Waals surface area contributed by atoms with Crippen molar-refractivity contribution in [1.29, 1.82) is 0 Å². The summed E-state index contributed by atoms with van der Waals surface area (Å²) in [7, 11) is 0. The maximum atomic E-state index is 5.56. The summed E-state index contributed by atoms with van der Waals surface area (Å²) in [6.07, 6.45) is 2.80. The second-order valence-electron chi connectivity index (χ2n) is 5.03. The Morgan fingerprint density at radius 3 is 3.10 bits per heavy atom. The van der Waals surface area contributed by atoms with Gasteiger partial charge in [0.25, 0.3) is 0 Å². The van der Waals surface area contributed by atoms with Gasteiger partial charge in [-0.3, -0.25) is 0 Å². The molecule has 0 aliphatic carbocycles. The highest BCUT2D eigenvalue weighted by atomic mass is 16.5. The molecular weight excluding hydrogens is 258 g/mol. The summed E-state index contributed by atoms with van der Waals surface area (Å²) in [6, 6.07) is 0.365. The minimum atomic E-state index is 0.156. The van der Waals surface area contributed by atoms with Gasteiger partial charge < -0.3 is 19.3 Å². The van der Waals surface area contributed by atoms with E-state index in [0.717, 1.165) is 26.0 Å². The fourth-order valence-corrected chi connectivity index (χ4v) is 2.38. The standard InChI is InChI=1S/C14H25N3O3/c1-3-7-15-12-5-8-19-10-11(12)14-16-13(17-20-14)6-9-18-4-2/h11-12,15H,3-10H2,1-2H3. The number of nitrogens with one attached hydrogen (secondary N) is 1. The zero-order valence-electron chi connectivity index (χ0n) is 12.4. The van der Waals surface area contributed by atoms with Gasteiger partial charge in [0.2, 0.25) is 5.89 Å². The van der Waals surface area contributed by atoms with Gasteiger partial charge in [-0.2, -0.15) is 4.98 Å². The predicted molar refractivity (Wildman–Crippen MR) is 74.8 cm³/mol. The van der Waals surface area contributed by atoms with Crippen molar-refractivity contribution < 1.29 is 14.0 Å². The Morgan fingerprint density at radius 2 is 2.30 bits per heavy atom. The lowest BCUT2D eigenvalue weighted by molar-refractivity contribution is 0.0498. The van der Waals surface area contributed by atoms with Crippen molar-refractivity contribution in [2.24, 2.45) is 0 Å². The van der Waals surface area contributed by atoms with Gasteiger partial charge in [-0.25, -0.2) is 0 Å². The van der Waals surface area contributed by atoms with Crippen LogP contribution in [0.3, 0.4) is 0 Å². The average Bonchev–Trinajstić information content (AvgIpc) is 2.94. The van der Waals surface area contributed by atoms with Gasteiger partial charge in [0.1, 0.15) is 0 Å². The average molecular weight is 283 g/mol. The fraction of sp³-hybridized carbons (Fsp3) is 0.857. The van der Waals surface area contributed by atoms with Gasteiger partial charge in [0.05, 0.1) is 19.1 Å². The molecule has 1 fully saturated rings. The molecule has 1 aliphatic heterocycles. The van der Waals surface area contributed by atoms with Gasteiger partial charge in [0, 0.05) is 25.7 Å². The van der Waals surface area contributed by atoms with Crippen LogP contribution in [0.2, 0.25) is 0 Å². The maximum absolute atomic E-state index is 5.56. The Hall–Kier alpha value is -0.980. The van der Waals surface area contributed by atoms with E-state index in [1.807, 2.05) is 6.92 Å². The highest BCUT2D eigenvalue weighted by molar-refractivity contribution is 5.01. The summed E-state index contributed by atoms with van der Waals surface area (Å²) in [4.78, 5) is 4.49. The highest BCUT2D eigenvalue weighted by Gasteiger charge is 2.31. The molecule has 1 N–H and O–H groups in total. The lowest BCUT2D eigenvalue weighted by Gasteiger charge is -2.29. The van der Waals surface area contributed by atoms with E-state index in [9.17, 15) is 0 Å². The number of ether oxygens (including phenoxy) is 2. The third-order valence-corrected chi connectivity index (χ3v) is 3.49. The quantitative estimate of drug-likeness (QED) is 0.730. The van der Waals surface area contributed by atoms with Gasteiger partial charge in [-0.15, -0.1) is 0 Å². The molecule has 2 heterocycles. The van der Waals surface area contributed by atoms with Crippen molar-refractivity contribution in [2.45, 2.75) is 45.1 Å². The van der Waals surface area contributed by atoms with Gasteiger partial charge in [0.15, 0.2) is 5.82 Å². The molecule has 0 aromatic carbocycles. The van der Waals surface area contributed by atoms with Gasteiger partial charge in [-0.05, 0) is 26.3 Å². The molecule has 6 nitrogen and oxygen atoms in total. The molecule has 2 rings (SSSR count). The highest BCUT2D eigenvalue weighted by Crippen LogP contribution is 2.24. The SMILES string of the molecule is CCCNC1CCOCC1c1nc(CCOCC)no1. The first-order valence-corrected chi connectivity index (χ1v) is 7.56. The van der Waals surface area contributed by atoms with Crippen molar-refractivity contribution in [1.82, 2.24) is 15.5 Å². The molecule has 0 radical (unpaired) electrons. The molecule has 0 amide bonds. The maximum Gasteiger partial charge on any atom is 0.233 e. The number of rotatable bonds is 8. The van der Waals surface area contributed by atoms with E-state index >= 15 is 0 Å². The molecule has 20 heavy (non-hydrogen) atoms. The molecule has 114 valence electrons. The number of nitrogens with zero attached hydrogens (tertiary/aromatic N) is 2. The second-order valence-corrected chi connectivity index (χ2v) is 5.03. The summed E-state index contributed by atoms with van der Waals surface area (Å²) in [5.41, 5.74) is 0. The third-order valence-electron chi connectivity index (χ3n) is 3.49. The van der Waals surface area contributed by atoms with Crippen LogP contribution in [0.1, 0.15) is 44.3 Å². The molecule has 6 heteroatoms. The van der Waals surface area contributed by atoms with Crippen LogP contribution in [0.4, 0.5) is 0 Å². The normalized spacial score (nSPS) is 23.1. The van der Waals surface area contributed by atoms with Crippen LogP contribution >= 0.6 is 0 Å². The molecule has 1 aromatic heterocycles. The van der Waals surface area contributed by atoms with Crippen LogP contribution in [0.25, 0.3) is 0 Å². The number of hydrogen-bond acceptors (Lipinski definition) is 6. The Bertz CT molecular complexity index is 383. The number of aromatic nitrogens is 2. The summed E-state index contributed by atoms with van der Waals surface area (Å²) in [6.45, 7) is 7.94. The summed E-state index contributed by atoms with van der Waals surface area (Å²) < 4.78 is 16.3. The van der Waals surface area contributed by atoms with Crippen LogP contribution in [0, 0.1) is 0 Å². The smallest absolute Gasteiger partial charge is 0.233 e. The Balaban J connectivity index is 1.93. The van der Waals surface area contributed by atoms with E-state index in [0.29, 0.717) is 44.0 Å². The second kappa shape index (κ2) is 8.34. The van der Waals surface area contributed by atoms with Crippen LogP contribution < -0.4 is 5.32 Å². The van der Waals surface area contributed by atoms with E-state index in [-0.39, 0.29) is 5.92 Å². The van der Waals surface area contributed by atoms with Crippen LogP contribution in [0.5, 0.6) is 0 Å². The van der Waals surface area contributed by atoms with E-state index in [4.69, 9.17) is 14.0 Å². The molecule has 2 atom stereocenters. The lowest BCUT2D eigenvalue weighted by atomic mass is 9.95. The molecule has 0 spiro atoms. The van der Waals surface area contributed by atoms with Gasteiger partial charge >= 0.3 is 0 Å². The molecule has 1 saturated heterocycles. The fourth-order valence-electron chi connectivity index (χ4n) is 2.38. The molecule has 1 aromatic rings. The Morgan fingerprint density at radius 1 is 1.40 bits per heavy atom. The van der Waals surface area contributed by atoms with Crippen molar-refractivity contribution >= 4 is 0 Å². The van der Waals surface area contributed by atoms with E-state index in [2.05, 4.69) is 22.4 Å². The topological polar surface area (TPSA) is 69.4 Å². The lowest BCUT2D eigenvalue weighted by Crippen LogP contribution is -2.41. The summed E-state index contributed by atoms with van der Waals surface area (Å²) in [5.74, 6) is 1.56. The third kappa shape index (κ3) is 4.26. The van der Waals surface area contributed by atoms with Gasteiger partial charge in [-0.1, -0.05) is 12.1 Å². The van der Waals surface area contributed by atoms with Crippen LogP contribution in [0.15, 0.2) is 4.52 Å². The minimum absolute atomic E-state index is 0.156. The van der Waals surface area contributed by atoms with Crippen molar-refractivity contribution in [2.75, 3.05) is 33.0 Å². The minimum Gasteiger partial charge on any atom is -0.381 e. The van der Waals surface area contributed by atoms with Crippen LogP contribution in [-0.2, 0) is 15.9 Å². The van der Waals surface area contributed by atoms with Crippen molar-refractivity contribution in [3.05, 3.63) is 11.7 Å². The molecule has 2 unspecified atom stereocenters. The molecule has 0 saturated carbocycles. The molecular formula is C14H25N3O3. The predicted octanol–water partition coefficient (Wildman–Crippen LogP) is 1.52. The number of hydrogen-bond donors (Lipinski definition) is 1. The zero-order valence-corrected chi connectivity index (χ0v) is 12.4. The zero-order chi connectivity index (χ0) is 14.2. The Kier molecular flexibility index (Phi) is 6.42. The Labute approximate surface area is 120 Å². The van der Waals surface area contributed by atoms with E-state index in [1.54, 1.807) is 0 Å². The summed E-state index contributed by atoms with van der Waals surface area (Å²) in [5, 5.41) is 7.58. The largest absolute Gasteiger partial charge is 0.381 e. The van der Waals surface area contributed by atoms with E-state index < -0.39 is 0 Å². The first-order chi connectivity index (χ1) is 9.85. The summed E-state index contributed by atoms with van der Waals surface area (Å²) >= 11 is 0. The first kappa shape index (κ1) is 15.4. The monoisotopic (exact) mass is 283 g/mol. The molecule has 1 aliphatic rings. The van der Waals surface area contributed by atoms with E-state index in [1.165, 1.54) is 0 Å². The van der Waals surface area contributed by atoms with Crippen LogP contribution in [-0.4, -0.2) is 49.2 Å². The first-order valence-electron chi connectivity index (χ1n) is 7.56. The van der Waals surface area contributed by atoms with Crippen molar-refractivity contribution in [3.63, 3.8) is 0 Å². The molecule has 0 bridgehead atoms.